The number of ether oxygens (including phenoxy) is 1. The zero-order valence-electron chi connectivity index (χ0n) is 6.75. The van der Waals surface area contributed by atoms with Crippen molar-refractivity contribution in [2.45, 2.75) is 18.9 Å². The molecular weight excluding hydrogens is 158 g/mol. The van der Waals surface area contributed by atoms with Gasteiger partial charge in [-0.2, -0.15) is 17.0 Å². The molecule has 11 heavy (non-hydrogen) atoms. The molecular formula is C8H13NOS. The molecule has 2 nitrogen and oxygen atoms in total. The van der Waals surface area contributed by atoms with Crippen LogP contribution in [0.4, 0.5) is 0 Å². The molecule has 0 aromatic rings. The Morgan fingerprint density at radius 3 is 3.00 bits per heavy atom. The van der Waals surface area contributed by atoms with Crippen molar-refractivity contribution in [1.29, 1.82) is 5.26 Å². The Kier molecular flexibility index (Phi) is 3.74. The monoisotopic (exact) mass is 171 g/mol. The lowest BCUT2D eigenvalue weighted by atomic mass is 10.00. The normalized spacial score (nSPS) is 27.5. The van der Waals surface area contributed by atoms with Gasteiger partial charge in [-0.3, -0.25) is 0 Å². The highest BCUT2D eigenvalue weighted by atomic mass is 32.2. The Bertz CT molecular complexity index is 149. The van der Waals surface area contributed by atoms with E-state index in [-0.39, 0.29) is 6.10 Å². The summed E-state index contributed by atoms with van der Waals surface area (Å²) in [7, 11) is 1.62. The average molecular weight is 171 g/mol. The third-order valence-corrected chi connectivity index (χ3v) is 3.25. The van der Waals surface area contributed by atoms with Crippen molar-refractivity contribution < 1.29 is 4.74 Å². The van der Waals surface area contributed by atoms with Gasteiger partial charge in [0.1, 0.15) is 6.10 Å². The number of nitrogens with zero attached hydrogens (tertiary/aromatic N) is 1. The fraction of sp³-hybridized carbons (Fsp3) is 0.875. The van der Waals surface area contributed by atoms with Crippen LogP contribution in [0.5, 0.6) is 0 Å². The topological polar surface area (TPSA) is 33.0 Å². The molecule has 0 spiro atoms. The summed E-state index contributed by atoms with van der Waals surface area (Å²) in [6.07, 6.45) is 2.21. The highest BCUT2D eigenvalue weighted by molar-refractivity contribution is 7.99. The lowest BCUT2D eigenvalue weighted by Gasteiger charge is -2.23. The molecule has 1 rings (SSSR count). The summed E-state index contributed by atoms with van der Waals surface area (Å²) in [4.78, 5) is 0. The summed E-state index contributed by atoms with van der Waals surface area (Å²) >= 11 is 1.93. The molecule has 2 unspecified atom stereocenters. The Morgan fingerprint density at radius 1 is 1.73 bits per heavy atom. The molecule has 0 N–H and O–H groups in total. The zero-order valence-corrected chi connectivity index (χ0v) is 7.56. The molecule has 0 aliphatic carbocycles. The summed E-state index contributed by atoms with van der Waals surface area (Å²) in [5.74, 6) is 2.80. The molecule has 0 saturated carbocycles. The third kappa shape index (κ3) is 2.39. The molecule has 0 radical (unpaired) electrons. The van der Waals surface area contributed by atoms with Crippen molar-refractivity contribution >= 4 is 11.8 Å². The highest BCUT2D eigenvalue weighted by Gasteiger charge is 2.22. The van der Waals surface area contributed by atoms with E-state index in [1.54, 1.807) is 7.11 Å². The summed E-state index contributed by atoms with van der Waals surface area (Å²) in [6.45, 7) is 0. The van der Waals surface area contributed by atoms with Gasteiger partial charge in [-0.1, -0.05) is 0 Å². The quantitative estimate of drug-likeness (QED) is 0.633. The molecule has 1 aliphatic heterocycles. The van der Waals surface area contributed by atoms with Gasteiger partial charge >= 0.3 is 0 Å². The van der Waals surface area contributed by atoms with E-state index in [2.05, 4.69) is 6.07 Å². The number of hydrogen-bond acceptors (Lipinski definition) is 3. The smallest absolute Gasteiger partial charge is 0.147 e. The molecule has 1 aliphatic rings. The van der Waals surface area contributed by atoms with Gasteiger partial charge in [0.05, 0.1) is 6.07 Å². The fourth-order valence-electron chi connectivity index (χ4n) is 1.35. The summed E-state index contributed by atoms with van der Waals surface area (Å²) < 4.78 is 5.06. The number of nitriles is 1. The highest BCUT2D eigenvalue weighted by Crippen LogP contribution is 2.25. The standard InChI is InChI=1S/C8H13NOS/c1-10-8(5-9)7-3-2-4-11-6-7/h7-8H,2-4,6H2,1H3. The van der Waals surface area contributed by atoms with Crippen molar-refractivity contribution in [1.82, 2.24) is 0 Å². The van der Waals surface area contributed by atoms with Crippen molar-refractivity contribution in [2.75, 3.05) is 18.6 Å². The van der Waals surface area contributed by atoms with Gasteiger partial charge in [0.25, 0.3) is 0 Å². The molecule has 1 fully saturated rings. The van der Waals surface area contributed by atoms with Crippen LogP contribution in [-0.4, -0.2) is 24.7 Å². The van der Waals surface area contributed by atoms with Crippen LogP contribution in [0.2, 0.25) is 0 Å². The van der Waals surface area contributed by atoms with E-state index in [0.717, 1.165) is 12.2 Å². The number of rotatable bonds is 2. The predicted octanol–water partition coefficient (Wildman–Crippen LogP) is 1.67. The van der Waals surface area contributed by atoms with Gasteiger partial charge in [-0.15, -0.1) is 0 Å². The molecule has 3 heteroatoms. The molecule has 2 atom stereocenters. The summed E-state index contributed by atoms with van der Waals surface area (Å²) in [5, 5.41) is 8.69. The van der Waals surface area contributed by atoms with E-state index in [1.807, 2.05) is 11.8 Å². The van der Waals surface area contributed by atoms with E-state index in [0.29, 0.717) is 5.92 Å². The van der Waals surface area contributed by atoms with Crippen LogP contribution in [0, 0.1) is 17.2 Å². The van der Waals surface area contributed by atoms with Crippen LogP contribution < -0.4 is 0 Å². The minimum atomic E-state index is -0.178. The first-order valence-corrected chi connectivity index (χ1v) is 5.04. The fourth-order valence-corrected chi connectivity index (χ4v) is 2.54. The van der Waals surface area contributed by atoms with Crippen molar-refractivity contribution in [3.63, 3.8) is 0 Å². The van der Waals surface area contributed by atoms with Crippen LogP contribution in [0.1, 0.15) is 12.8 Å². The molecule has 0 bridgehead atoms. The molecule has 0 aromatic carbocycles. The van der Waals surface area contributed by atoms with Gasteiger partial charge in [-0.05, 0) is 24.3 Å². The second-order valence-electron chi connectivity index (χ2n) is 2.76. The molecule has 1 saturated heterocycles. The lowest BCUT2D eigenvalue weighted by molar-refractivity contribution is 0.0992. The number of thioether (sulfide) groups is 1. The Morgan fingerprint density at radius 2 is 2.55 bits per heavy atom. The zero-order chi connectivity index (χ0) is 8.10. The molecule has 0 aromatic heterocycles. The van der Waals surface area contributed by atoms with Crippen LogP contribution in [0.3, 0.4) is 0 Å². The first kappa shape index (κ1) is 8.89. The van der Waals surface area contributed by atoms with Crippen molar-refractivity contribution in [3.8, 4) is 6.07 Å². The van der Waals surface area contributed by atoms with Gasteiger partial charge in [0.15, 0.2) is 0 Å². The number of methoxy groups -OCH3 is 1. The summed E-state index contributed by atoms with van der Waals surface area (Å²) in [5.41, 5.74) is 0. The van der Waals surface area contributed by atoms with Crippen LogP contribution in [0.25, 0.3) is 0 Å². The van der Waals surface area contributed by atoms with E-state index in [4.69, 9.17) is 10.00 Å². The van der Waals surface area contributed by atoms with Gasteiger partial charge < -0.3 is 4.74 Å². The van der Waals surface area contributed by atoms with E-state index >= 15 is 0 Å². The number of hydrogen-bond donors (Lipinski definition) is 0. The van der Waals surface area contributed by atoms with E-state index in [9.17, 15) is 0 Å². The minimum absolute atomic E-state index is 0.178. The first-order chi connectivity index (χ1) is 5.38. The maximum atomic E-state index is 8.69. The largest absolute Gasteiger partial charge is 0.366 e. The minimum Gasteiger partial charge on any atom is -0.366 e. The van der Waals surface area contributed by atoms with Crippen LogP contribution in [-0.2, 0) is 4.74 Å². The molecule has 0 amide bonds. The van der Waals surface area contributed by atoms with Crippen molar-refractivity contribution in [3.05, 3.63) is 0 Å². The Labute approximate surface area is 71.9 Å². The maximum absolute atomic E-state index is 8.69. The molecule has 1 heterocycles. The lowest BCUT2D eigenvalue weighted by Crippen LogP contribution is -2.25. The van der Waals surface area contributed by atoms with Crippen LogP contribution >= 0.6 is 11.8 Å². The van der Waals surface area contributed by atoms with E-state index in [1.165, 1.54) is 12.2 Å². The Balaban J connectivity index is 2.38. The maximum Gasteiger partial charge on any atom is 0.147 e. The second kappa shape index (κ2) is 4.63. The van der Waals surface area contributed by atoms with Gasteiger partial charge in [-0.25, -0.2) is 0 Å². The van der Waals surface area contributed by atoms with Crippen molar-refractivity contribution in [2.24, 2.45) is 5.92 Å². The first-order valence-electron chi connectivity index (χ1n) is 3.88. The Hall–Kier alpha value is -0.200. The van der Waals surface area contributed by atoms with E-state index < -0.39 is 0 Å². The van der Waals surface area contributed by atoms with Gasteiger partial charge in [0, 0.05) is 13.0 Å². The SMILES string of the molecule is COC(C#N)C1CCCSC1. The van der Waals surface area contributed by atoms with Gasteiger partial charge in [0.2, 0.25) is 0 Å². The second-order valence-corrected chi connectivity index (χ2v) is 3.91. The third-order valence-electron chi connectivity index (χ3n) is 2.00. The summed E-state index contributed by atoms with van der Waals surface area (Å²) in [6, 6.07) is 2.19. The predicted molar refractivity (Wildman–Crippen MR) is 46.5 cm³/mol. The molecule has 62 valence electrons. The van der Waals surface area contributed by atoms with Crippen LogP contribution in [0.15, 0.2) is 0 Å². The average Bonchev–Trinajstić information content (AvgIpc) is 2.09.